The van der Waals surface area contributed by atoms with Gasteiger partial charge in [0.1, 0.15) is 0 Å². The van der Waals surface area contributed by atoms with Crippen molar-refractivity contribution in [2.45, 2.75) is 61.3 Å². The van der Waals surface area contributed by atoms with Crippen LogP contribution in [-0.2, 0) is 0 Å². The minimum absolute atomic E-state index is 1.05. The lowest BCUT2D eigenvalue weighted by Gasteiger charge is -2.17. The molecule has 0 atom stereocenters. The Kier molecular flexibility index (Phi) is 14.1. The van der Waals surface area contributed by atoms with Crippen LogP contribution >= 0.6 is 0 Å². The van der Waals surface area contributed by atoms with Crippen LogP contribution in [0.1, 0.15) is 61.3 Å². The highest BCUT2D eigenvalue weighted by molar-refractivity contribution is 5.77. The van der Waals surface area contributed by atoms with Crippen LogP contribution in [0.2, 0.25) is 0 Å². The van der Waals surface area contributed by atoms with Gasteiger partial charge in [0.25, 0.3) is 0 Å². The first-order chi connectivity index (χ1) is 11.2. The Morgan fingerprint density at radius 1 is 0.870 bits per heavy atom. The fourth-order valence-electron chi connectivity index (χ4n) is 2.59. The van der Waals surface area contributed by atoms with Crippen molar-refractivity contribution in [1.82, 2.24) is 0 Å². The Labute approximate surface area is 145 Å². The van der Waals surface area contributed by atoms with Gasteiger partial charge in [0.05, 0.1) is 0 Å². The molecule has 0 radical (unpaired) electrons. The topological polar surface area (TPSA) is 0 Å². The minimum Gasteiger partial charge on any atom is -0.0984 e. The molecule has 0 nitrogen and oxygen atoms in total. The van der Waals surface area contributed by atoms with Crippen molar-refractivity contribution in [1.29, 1.82) is 0 Å². The zero-order valence-corrected chi connectivity index (χ0v) is 16.4. The molecule has 0 spiro atoms. The van der Waals surface area contributed by atoms with Crippen LogP contribution in [0.3, 0.4) is 0 Å². The van der Waals surface area contributed by atoms with Crippen molar-refractivity contribution in [2.24, 2.45) is 0 Å². The number of rotatable bonds is 3. The maximum atomic E-state index is 4.20. The highest BCUT2D eigenvalue weighted by Gasteiger charge is 2.27. The van der Waals surface area contributed by atoms with Gasteiger partial charge in [-0.2, -0.15) is 0 Å². The molecular formula is C23H36. The second-order valence-electron chi connectivity index (χ2n) is 4.28. The molecule has 23 heavy (non-hydrogen) atoms. The molecule has 0 aromatic carbocycles. The summed E-state index contributed by atoms with van der Waals surface area (Å²) in [6.07, 6.45) is 12.5. The zero-order valence-electron chi connectivity index (χ0n) is 16.4. The largest absolute Gasteiger partial charge is 0.0984 e. The SMILES string of the molecule is C=CC1=C(C=C)C(/C=C\C)=C2C(=C)CCC=C12.CC.CC.CC. The van der Waals surface area contributed by atoms with Gasteiger partial charge >= 0.3 is 0 Å². The molecule has 0 heterocycles. The third-order valence-corrected chi connectivity index (χ3v) is 3.30. The van der Waals surface area contributed by atoms with Crippen LogP contribution in [0.5, 0.6) is 0 Å². The minimum atomic E-state index is 1.05. The van der Waals surface area contributed by atoms with E-state index in [0.29, 0.717) is 0 Å². The number of hydrogen-bond acceptors (Lipinski definition) is 0. The standard InChI is InChI=1S/C17H18.3C2H6/c1-5-9-15-13(6-2)14(7-3)16-11-8-10-12(4)17(15)16;3*1-2/h5-7,9,11H,2-4,8,10H2,1H3;3*1-2H3/b9-5-;;;. The zero-order chi connectivity index (χ0) is 18.4. The Morgan fingerprint density at radius 3 is 1.83 bits per heavy atom. The van der Waals surface area contributed by atoms with Crippen LogP contribution in [0, 0.1) is 0 Å². The van der Waals surface area contributed by atoms with Crippen molar-refractivity contribution in [2.75, 3.05) is 0 Å². The van der Waals surface area contributed by atoms with E-state index in [1.165, 1.54) is 33.4 Å². The van der Waals surface area contributed by atoms with E-state index in [9.17, 15) is 0 Å². The third-order valence-electron chi connectivity index (χ3n) is 3.30. The van der Waals surface area contributed by atoms with Crippen molar-refractivity contribution in [3.8, 4) is 0 Å². The predicted molar refractivity (Wildman–Crippen MR) is 110 cm³/mol. The molecular weight excluding hydrogens is 276 g/mol. The highest BCUT2D eigenvalue weighted by atomic mass is 14.3. The molecule has 128 valence electrons. The second kappa shape index (κ2) is 13.8. The molecule has 2 aliphatic carbocycles. The Morgan fingerprint density at radius 2 is 1.39 bits per heavy atom. The van der Waals surface area contributed by atoms with Crippen molar-refractivity contribution in [3.05, 3.63) is 83.6 Å². The first-order valence-electron chi connectivity index (χ1n) is 9.00. The van der Waals surface area contributed by atoms with E-state index in [1.807, 2.05) is 60.6 Å². The summed E-state index contributed by atoms with van der Waals surface area (Å²) < 4.78 is 0. The molecule has 0 aromatic heterocycles. The van der Waals surface area contributed by atoms with E-state index in [0.717, 1.165) is 12.8 Å². The monoisotopic (exact) mass is 312 g/mol. The predicted octanol–water partition coefficient (Wildman–Crippen LogP) is 7.90. The van der Waals surface area contributed by atoms with Gasteiger partial charge in [0.15, 0.2) is 0 Å². The van der Waals surface area contributed by atoms with Gasteiger partial charge in [0.2, 0.25) is 0 Å². The maximum absolute atomic E-state index is 4.20. The van der Waals surface area contributed by atoms with E-state index >= 15 is 0 Å². The average Bonchev–Trinajstić information content (AvgIpc) is 2.94. The summed E-state index contributed by atoms with van der Waals surface area (Å²) in [5.41, 5.74) is 7.44. The molecule has 0 saturated carbocycles. The second-order valence-corrected chi connectivity index (χ2v) is 4.28. The van der Waals surface area contributed by atoms with Crippen LogP contribution < -0.4 is 0 Å². The lowest BCUT2D eigenvalue weighted by atomic mass is 9.87. The Bertz CT molecular complexity index is 516. The van der Waals surface area contributed by atoms with Crippen LogP contribution in [0.4, 0.5) is 0 Å². The summed E-state index contributed by atoms with van der Waals surface area (Å²) in [6.45, 7) is 26.1. The average molecular weight is 313 g/mol. The van der Waals surface area contributed by atoms with Gasteiger partial charge in [-0.1, -0.05) is 91.7 Å². The van der Waals surface area contributed by atoms with Crippen molar-refractivity contribution in [3.63, 3.8) is 0 Å². The molecule has 0 N–H and O–H groups in total. The molecule has 0 saturated heterocycles. The van der Waals surface area contributed by atoms with E-state index < -0.39 is 0 Å². The Hall–Kier alpha value is -1.82. The highest BCUT2D eigenvalue weighted by Crippen LogP contribution is 2.45. The number of fused-ring (bicyclic) bond motifs is 1. The van der Waals surface area contributed by atoms with Crippen molar-refractivity contribution < 1.29 is 0 Å². The van der Waals surface area contributed by atoms with E-state index in [1.54, 1.807) is 0 Å². The quantitative estimate of drug-likeness (QED) is 0.497. The molecule has 2 rings (SSSR count). The molecule has 0 heteroatoms. The van der Waals surface area contributed by atoms with Crippen LogP contribution in [0.25, 0.3) is 0 Å². The third kappa shape index (κ3) is 5.39. The number of hydrogen-bond donors (Lipinski definition) is 0. The summed E-state index contributed by atoms with van der Waals surface area (Å²) >= 11 is 0. The summed E-state index contributed by atoms with van der Waals surface area (Å²) in [7, 11) is 0. The van der Waals surface area contributed by atoms with Crippen molar-refractivity contribution >= 4 is 0 Å². The van der Waals surface area contributed by atoms with Gasteiger partial charge < -0.3 is 0 Å². The first kappa shape index (κ1) is 23.4. The molecule has 0 aromatic rings. The van der Waals surface area contributed by atoms with Gasteiger partial charge in [-0.25, -0.2) is 0 Å². The molecule has 0 aliphatic heterocycles. The van der Waals surface area contributed by atoms with E-state index in [2.05, 4.69) is 38.0 Å². The lowest BCUT2D eigenvalue weighted by molar-refractivity contribution is 0.957. The number of allylic oxidation sites excluding steroid dienone is 11. The maximum Gasteiger partial charge on any atom is -0.00760 e. The van der Waals surface area contributed by atoms with Gasteiger partial charge in [0, 0.05) is 0 Å². The van der Waals surface area contributed by atoms with Crippen LogP contribution in [-0.4, -0.2) is 0 Å². The molecule has 0 amide bonds. The van der Waals surface area contributed by atoms with Gasteiger partial charge in [-0.3, -0.25) is 0 Å². The lowest BCUT2D eigenvalue weighted by Crippen LogP contribution is -1.98. The van der Waals surface area contributed by atoms with E-state index in [4.69, 9.17) is 0 Å². The molecule has 0 fully saturated rings. The molecule has 0 bridgehead atoms. The summed E-state index contributed by atoms with van der Waals surface area (Å²) in [6, 6.07) is 0. The van der Waals surface area contributed by atoms with Gasteiger partial charge in [-0.05, 0) is 53.2 Å². The normalized spacial score (nSPS) is 15.4. The summed E-state index contributed by atoms with van der Waals surface area (Å²) in [5.74, 6) is 0. The van der Waals surface area contributed by atoms with Gasteiger partial charge in [-0.15, -0.1) is 0 Å². The Balaban J connectivity index is 0. The first-order valence-corrected chi connectivity index (χ1v) is 9.00. The molecule has 2 aliphatic rings. The summed E-state index contributed by atoms with van der Waals surface area (Å²) in [4.78, 5) is 0. The summed E-state index contributed by atoms with van der Waals surface area (Å²) in [5, 5.41) is 0. The van der Waals surface area contributed by atoms with E-state index in [-0.39, 0.29) is 0 Å². The fourth-order valence-corrected chi connectivity index (χ4v) is 2.59. The fraction of sp³-hybridized carbons (Fsp3) is 0.391. The molecule has 0 unspecified atom stereocenters. The van der Waals surface area contributed by atoms with Crippen LogP contribution in [0.15, 0.2) is 83.6 Å². The smallest absolute Gasteiger partial charge is 0.00760 e.